The predicted molar refractivity (Wildman–Crippen MR) is 118 cm³/mol. The lowest BCUT2D eigenvalue weighted by molar-refractivity contribution is 0.412. The summed E-state index contributed by atoms with van der Waals surface area (Å²) >= 11 is 0. The minimum absolute atomic E-state index is 0.0560. The largest absolute Gasteiger partial charge is 0.530 e. The zero-order chi connectivity index (χ0) is 20.9. The molecule has 0 saturated carbocycles. The molecule has 0 saturated heterocycles. The van der Waals surface area contributed by atoms with Crippen molar-refractivity contribution in [3.05, 3.63) is 53.1 Å². The van der Waals surface area contributed by atoms with Crippen LogP contribution in [-0.4, -0.2) is 0 Å². The smallest absolute Gasteiger partial charge is 0.408 e. The Balaban J connectivity index is 2.11. The number of para-hydroxylation sites is 2. The molecule has 0 aromatic heterocycles. The zero-order valence-electron chi connectivity index (χ0n) is 18.6. The number of rotatable bonds is 2. The lowest BCUT2D eigenvalue weighted by atomic mass is 9.75. The van der Waals surface area contributed by atoms with Gasteiger partial charge in [-0.05, 0) is 33.9 Å². The number of hydrogen-bond donors (Lipinski definition) is 0. The molecule has 1 aliphatic rings. The first-order valence-electron chi connectivity index (χ1n) is 9.89. The third-order valence-corrected chi connectivity index (χ3v) is 5.95. The number of fused-ring (bicyclic) bond motifs is 1. The highest BCUT2D eigenvalue weighted by atomic mass is 31.2. The lowest BCUT2D eigenvalue weighted by Gasteiger charge is -2.33. The van der Waals surface area contributed by atoms with Crippen molar-refractivity contribution in [1.29, 1.82) is 0 Å². The quantitative estimate of drug-likeness (QED) is 0.484. The third-order valence-electron chi connectivity index (χ3n) is 4.93. The van der Waals surface area contributed by atoms with E-state index in [-0.39, 0.29) is 16.2 Å². The van der Waals surface area contributed by atoms with Crippen molar-refractivity contribution in [2.75, 3.05) is 0 Å². The second kappa shape index (κ2) is 6.95. The highest BCUT2D eigenvalue weighted by Crippen LogP contribution is 2.55. The van der Waals surface area contributed by atoms with Gasteiger partial charge in [0.1, 0.15) is 5.75 Å². The summed E-state index contributed by atoms with van der Waals surface area (Å²) in [7, 11) is -1.51. The summed E-state index contributed by atoms with van der Waals surface area (Å²) in [5.41, 5.74) is 3.61. The molecule has 0 N–H and O–H groups in total. The van der Waals surface area contributed by atoms with Crippen LogP contribution >= 0.6 is 8.60 Å². The summed E-state index contributed by atoms with van der Waals surface area (Å²) in [5, 5.41) is 0. The molecule has 2 aromatic rings. The molecule has 152 valence electrons. The fourth-order valence-electron chi connectivity index (χ4n) is 3.17. The maximum absolute atomic E-state index is 6.46. The summed E-state index contributed by atoms with van der Waals surface area (Å²) < 4.78 is 18.4. The Kier molecular flexibility index (Phi) is 5.21. The SMILES string of the molecule is CC(C)(C)c1cc(C(C)(C)C)c(OP2Oc3ccccc3O2)c(C(C)(C)C)c1. The van der Waals surface area contributed by atoms with Crippen LogP contribution in [0.3, 0.4) is 0 Å². The van der Waals surface area contributed by atoms with Crippen molar-refractivity contribution >= 4 is 8.60 Å². The average molecular weight is 400 g/mol. The Morgan fingerprint density at radius 1 is 0.679 bits per heavy atom. The first-order chi connectivity index (χ1) is 12.8. The summed E-state index contributed by atoms with van der Waals surface area (Å²) in [5.74, 6) is 2.39. The van der Waals surface area contributed by atoms with Crippen LogP contribution in [0.25, 0.3) is 0 Å². The van der Waals surface area contributed by atoms with Crippen LogP contribution in [0.1, 0.15) is 79.0 Å². The van der Waals surface area contributed by atoms with Gasteiger partial charge in [-0.3, -0.25) is 0 Å². The molecule has 0 radical (unpaired) electrons. The Bertz CT molecular complexity index is 807. The van der Waals surface area contributed by atoms with Crippen LogP contribution in [0.2, 0.25) is 0 Å². The van der Waals surface area contributed by atoms with Crippen molar-refractivity contribution in [3.63, 3.8) is 0 Å². The van der Waals surface area contributed by atoms with E-state index in [4.69, 9.17) is 13.6 Å². The normalized spacial score (nSPS) is 15.0. The average Bonchev–Trinajstić information content (AvgIpc) is 2.94. The first-order valence-corrected chi connectivity index (χ1v) is 11.0. The molecular formula is C24H33O3P. The Morgan fingerprint density at radius 3 is 1.46 bits per heavy atom. The van der Waals surface area contributed by atoms with Crippen LogP contribution in [0, 0.1) is 0 Å². The Morgan fingerprint density at radius 2 is 1.11 bits per heavy atom. The van der Waals surface area contributed by atoms with Gasteiger partial charge in [0.05, 0.1) is 0 Å². The van der Waals surface area contributed by atoms with Crippen LogP contribution in [0.15, 0.2) is 36.4 Å². The van der Waals surface area contributed by atoms with Gasteiger partial charge in [-0.25, -0.2) is 0 Å². The van der Waals surface area contributed by atoms with E-state index in [1.165, 1.54) is 16.7 Å². The van der Waals surface area contributed by atoms with E-state index in [9.17, 15) is 0 Å². The molecular weight excluding hydrogens is 367 g/mol. The molecule has 0 unspecified atom stereocenters. The second-order valence-electron chi connectivity index (χ2n) is 10.6. The molecule has 0 bridgehead atoms. The van der Waals surface area contributed by atoms with Crippen molar-refractivity contribution < 1.29 is 13.6 Å². The van der Waals surface area contributed by atoms with E-state index < -0.39 is 8.60 Å². The van der Waals surface area contributed by atoms with E-state index >= 15 is 0 Å². The van der Waals surface area contributed by atoms with Gasteiger partial charge in [-0.15, -0.1) is 0 Å². The van der Waals surface area contributed by atoms with Crippen molar-refractivity contribution in [2.24, 2.45) is 0 Å². The summed E-state index contributed by atoms with van der Waals surface area (Å²) in [6.45, 7) is 20.1. The Hall–Kier alpha value is -1.73. The van der Waals surface area contributed by atoms with Gasteiger partial charge < -0.3 is 13.6 Å². The molecule has 2 aromatic carbocycles. The zero-order valence-corrected chi connectivity index (χ0v) is 19.5. The molecule has 1 aliphatic heterocycles. The fraction of sp³-hybridized carbons (Fsp3) is 0.500. The van der Waals surface area contributed by atoms with Crippen LogP contribution in [0.5, 0.6) is 17.2 Å². The van der Waals surface area contributed by atoms with Crippen LogP contribution < -0.4 is 13.6 Å². The molecule has 0 amide bonds. The molecule has 0 aliphatic carbocycles. The van der Waals surface area contributed by atoms with E-state index in [1.807, 2.05) is 24.3 Å². The fourth-order valence-corrected chi connectivity index (χ4v) is 4.25. The highest BCUT2D eigenvalue weighted by molar-refractivity contribution is 7.43. The molecule has 0 fully saturated rings. The van der Waals surface area contributed by atoms with Gasteiger partial charge >= 0.3 is 8.60 Å². The Labute approximate surface area is 171 Å². The number of benzene rings is 2. The molecule has 3 rings (SSSR count). The van der Waals surface area contributed by atoms with E-state index in [2.05, 4.69) is 74.4 Å². The van der Waals surface area contributed by atoms with Crippen molar-refractivity contribution in [2.45, 2.75) is 78.6 Å². The van der Waals surface area contributed by atoms with Crippen molar-refractivity contribution in [1.82, 2.24) is 0 Å². The second-order valence-corrected chi connectivity index (χ2v) is 11.6. The topological polar surface area (TPSA) is 27.7 Å². The van der Waals surface area contributed by atoms with E-state index in [0.717, 1.165) is 17.2 Å². The minimum Gasteiger partial charge on any atom is -0.408 e. The highest BCUT2D eigenvalue weighted by Gasteiger charge is 2.35. The van der Waals surface area contributed by atoms with Gasteiger partial charge in [0.25, 0.3) is 0 Å². The van der Waals surface area contributed by atoms with Gasteiger partial charge in [0.2, 0.25) is 0 Å². The summed E-state index contributed by atoms with van der Waals surface area (Å²) in [4.78, 5) is 0. The molecule has 28 heavy (non-hydrogen) atoms. The van der Waals surface area contributed by atoms with E-state index in [1.54, 1.807) is 0 Å². The van der Waals surface area contributed by atoms with Crippen LogP contribution in [-0.2, 0) is 16.2 Å². The van der Waals surface area contributed by atoms with Gasteiger partial charge in [-0.1, -0.05) is 86.6 Å². The standard InChI is InChI=1S/C24H33O3P/c1-22(2,3)16-14-17(23(4,5)6)21(18(15-16)24(7,8)9)27-28-25-19-12-10-11-13-20(19)26-28/h10-15H,1-9H3. The monoisotopic (exact) mass is 400 g/mol. The molecule has 3 nitrogen and oxygen atoms in total. The summed E-state index contributed by atoms with van der Waals surface area (Å²) in [6, 6.07) is 12.3. The lowest BCUT2D eigenvalue weighted by Crippen LogP contribution is -2.22. The number of hydrogen-bond acceptors (Lipinski definition) is 3. The van der Waals surface area contributed by atoms with Gasteiger partial charge in [-0.2, -0.15) is 0 Å². The van der Waals surface area contributed by atoms with Crippen LogP contribution in [0.4, 0.5) is 0 Å². The third kappa shape index (κ3) is 4.30. The van der Waals surface area contributed by atoms with Gasteiger partial charge in [0, 0.05) is 11.1 Å². The molecule has 1 heterocycles. The van der Waals surface area contributed by atoms with Crippen molar-refractivity contribution in [3.8, 4) is 17.2 Å². The predicted octanol–water partition coefficient (Wildman–Crippen LogP) is 7.66. The van der Waals surface area contributed by atoms with Gasteiger partial charge in [0.15, 0.2) is 11.5 Å². The van der Waals surface area contributed by atoms with E-state index in [0.29, 0.717) is 0 Å². The maximum Gasteiger partial charge on any atom is 0.530 e. The molecule has 0 atom stereocenters. The molecule has 4 heteroatoms. The maximum atomic E-state index is 6.46. The summed E-state index contributed by atoms with van der Waals surface area (Å²) in [6.07, 6.45) is 0. The minimum atomic E-state index is -1.51. The first kappa shape index (κ1) is 21.0. The molecule has 0 spiro atoms.